The van der Waals surface area contributed by atoms with Gasteiger partial charge in [0, 0.05) is 0 Å². The Morgan fingerprint density at radius 1 is 1.20 bits per heavy atom. The van der Waals surface area contributed by atoms with Gasteiger partial charge in [-0.05, 0) is 22.8 Å². The second kappa shape index (κ2) is 4.55. The molecule has 0 heterocycles. The molecule has 0 spiro atoms. The summed E-state index contributed by atoms with van der Waals surface area (Å²) in [4.78, 5) is 0. The Morgan fingerprint density at radius 3 is 1.70 bits per heavy atom. The molecule has 0 N–H and O–H groups in total. The molecule has 0 radical (unpaired) electrons. The van der Waals surface area contributed by atoms with Gasteiger partial charge in [0.1, 0.15) is 0 Å². The van der Waals surface area contributed by atoms with Crippen LogP contribution in [-0.4, -0.2) is 11.5 Å². The van der Waals surface area contributed by atoms with E-state index in [9.17, 15) is 0 Å². The first-order chi connectivity index (χ1) is 4.58. The van der Waals surface area contributed by atoms with Crippen molar-refractivity contribution in [3.05, 3.63) is 0 Å². The molecule has 10 heavy (non-hydrogen) atoms. The first kappa shape index (κ1) is 10.7. The van der Waals surface area contributed by atoms with Gasteiger partial charge in [-0.3, -0.25) is 0 Å². The number of rotatable bonds is 4. The van der Waals surface area contributed by atoms with Gasteiger partial charge in [0.15, 0.2) is 0 Å². The fourth-order valence-corrected chi connectivity index (χ4v) is 2.29. The van der Waals surface area contributed by atoms with Gasteiger partial charge in [-0.1, -0.05) is 27.2 Å². The van der Waals surface area contributed by atoms with Crippen LogP contribution in [0.2, 0.25) is 0 Å². The van der Waals surface area contributed by atoms with Crippen LogP contribution in [-0.2, 0) is 0 Å². The smallest absolute Gasteiger partial charge is 0.00566 e. The summed E-state index contributed by atoms with van der Waals surface area (Å²) in [5, 5.41) is 0. The van der Waals surface area contributed by atoms with Gasteiger partial charge in [-0.2, -0.15) is 25.3 Å². The Morgan fingerprint density at radius 2 is 1.60 bits per heavy atom. The zero-order valence-electron chi connectivity index (χ0n) is 7.09. The van der Waals surface area contributed by atoms with Gasteiger partial charge >= 0.3 is 0 Å². The molecule has 0 unspecified atom stereocenters. The average Bonchev–Trinajstić information content (AvgIpc) is 1.90. The molecule has 0 aliphatic heterocycles. The van der Waals surface area contributed by atoms with Crippen LogP contribution in [0.25, 0.3) is 0 Å². The summed E-state index contributed by atoms with van der Waals surface area (Å²) in [6.07, 6.45) is 1.21. The lowest BCUT2D eigenvalue weighted by Gasteiger charge is -2.31. The van der Waals surface area contributed by atoms with Gasteiger partial charge < -0.3 is 0 Å². The average molecular weight is 178 g/mol. The molecule has 2 heteroatoms. The monoisotopic (exact) mass is 178 g/mol. The fraction of sp³-hybridized carbons (Fsp3) is 1.00. The second-order valence-corrected chi connectivity index (χ2v) is 4.13. The van der Waals surface area contributed by atoms with Crippen LogP contribution in [0.3, 0.4) is 0 Å². The van der Waals surface area contributed by atoms with Gasteiger partial charge in [-0.25, -0.2) is 0 Å². The highest BCUT2D eigenvalue weighted by Crippen LogP contribution is 2.31. The second-order valence-electron chi connectivity index (χ2n) is 3.40. The largest absolute Gasteiger partial charge is 0.179 e. The maximum absolute atomic E-state index is 4.29. The van der Waals surface area contributed by atoms with Crippen molar-refractivity contribution in [1.29, 1.82) is 0 Å². The van der Waals surface area contributed by atoms with Crippen LogP contribution in [0, 0.1) is 11.3 Å². The van der Waals surface area contributed by atoms with E-state index in [0.717, 1.165) is 11.5 Å². The minimum Gasteiger partial charge on any atom is -0.179 e. The third-order valence-corrected chi connectivity index (χ3v) is 3.34. The standard InChI is InChI=1S/C8H18S2/c1-4-8(2,3)7(5-9)6-10/h7,9-10H,4-6H2,1-3H3. The van der Waals surface area contributed by atoms with Crippen molar-refractivity contribution in [3.8, 4) is 0 Å². The summed E-state index contributed by atoms with van der Waals surface area (Å²) in [5.41, 5.74) is 0.406. The quantitative estimate of drug-likeness (QED) is 0.608. The summed E-state index contributed by atoms with van der Waals surface area (Å²) in [5.74, 6) is 2.54. The Kier molecular flexibility index (Phi) is 4.87. The van der Waals surface area contributed by atoms with Crippen molar-refractivity contribution in [2.45, 2.75) is 27.2 Å². The van der Waals surface area contributed by atoms with Crippen LogP contribution < -0.4 is 0 Å². The summed E-state index contributed by atoms with van der Waals surface area (Å²) < 4.78 is 0. The van der Waals surface area contributed by atoms with Gasteiger partial charge in [0.25, 0.3) is 0 Å². The first-order valence-electron chi connectivity index (χ1n) is 3.80. The maximum Gasteiger partial charge on any atom is -0.00566 e. The topological polar surface area (TPSA) is 0 Å². The summed E-state index contributed by atoms with van der Waals surface area (Å²) >= 11 is 8.59. The molecule has 0 fully saturated rings. The van der Waals surface area contributed by atoms with E-state index in [-0.39, 0.29) is 0 Å². The lowest BCUT2D eigenvalue weighted by molar-refractivity contribution is 0.249. The molecule has 0 saturated carbocycles. The predicted octanol–water partition coefficient (Wildman–Crippen LogP) is 2.90. The van der Waals surface area contributed by atoms with E-state index in [0.29, 0.717) is 11.3 Å². The molecular formula is C8H18S2. The molecule has 0 nitrogen and oxygen atoms in total. The summed E-state index contributed by atoms with van der Waals surface area (Å²) in [7, 11) is 0. The van der Waals surface area contributed by atoms with Gasteiger partial charge in [0.05, 0.1) is 0 Å². The Bertz CT molecular complexity index is 85.3. The van der Waals surface area contributed by atoms with Crippen molar-refractivity contribution in [3.63, 3.8) is 0 Å². The van der Waals surface area contributed by atoms with Crippen LogP contribution >= 0.6 is 25.3 Å². The molecule has 0 amide bonds. The lowest BCUT2D eigenvalue weighted by atomic mass is 9.79. The summed E-state index contributed by atoms with van der Waals surface area (Å²) in [6.45, 7) is 6.79. The Labute approximate surface area is 75.6 Å². The van der Waals surface area contributed by atoms with Crippen molar-refractivity contribution in [2.75, 3.05) is 11.5 Å². The minimum absolute atomic E-state index is 0.406. The SMILES string of the molecule is CCC(C)(C)C(CS)CS. The van der Waals surface area contributed by atoms with E-state index in [1.54, 1.807) is 0 Å². The molecule has 0 aliphatic rings. The molecule has 0 aromatic heterocycles. The van der Waals surface area contributed by atoms with Crippen LogP contribution in [0.5, 0.6) is 0 Å². The van der Waals surface area contributed by atoms with Crippen LogP contribution in [0.1, 0.15) is 27.2 Å². The third-order valence-electron chi connectivity index (χ3n) is 2.46. The van der Waals surface area contributed by atoms with Crippen molar-refractivity contribution < 1.29 is 0 Å². The zero-order chi connectivity index (χ0) is 8.20. The number of hydrogen-bond donors (Lipinski definition) is 2. The maximum atomic E-state index is 4.29. The molecule has 0 aromatic rings. The van der Waals surface area contributed by atoms with E-state index in [2.05, 4.69) is 46.0 Å². The lowest BCUT2D eigenvalue weighted by Crippen LogP contribution is -2.26. The molecular weight excluding hydrogens is 160 g/mol. The predicted molar refractivity (Wildman–Crippen MR) is 55.3 cm³/mol. The van der Waals surface area contributed by atoms with E-state index < -0.39 is 0 Å². The van der Waals surface area contributed by atoms with E-state index >= 15 is 0 Å². The molecule has 0 aliphatic carbocycles. The molecule has 0 bridgehead atoms. The van der Waals surface area contributed by atoms with E-state index in [1.165, 1.54) is 6.42 Å². The zero-order valence-corrected chi connectivity index (χ0v) is 8.88. The molecule has 0 saturated heterocycles. The van der Waals surface area contributed by atoms with E-state index in [1.807, 2.05) is 0 Å². The van der Waals surface area contributed by atoms with Crippen molar-refractivity contribution >= 4 is 25.3 Å². The first-order valence-corrected chi connectivity index (χ1v) is 5.06. The van der Waals surface area contributed by atoms with Crippen LogP contribution in [0.4, 0.5) is 0 Å². The minimum atomic E-state index is 0.406. The molecule has 0 rings (SSSR count). The molecule has 0 atom stereocenters. The molecule has 0 aromatic carbocycles. The Balaban J connectivity index is 3.97. The molecule has 62 valence electrons. The van der Waals surface area contributed by atoms with Crippen molar-refractivity contribution in [2.24, 2.45) is 11.3 Å². The Hall–Kier alpha value is 0.700. The third kappa shape index (κ3) is 2.75. The normalized spacial score (nSPS) is 12.6. The number of thiol groups is 2. The highest BCUT2D eigenvalue weighted by Gasteiger charge is 2.24. The van der Waals surface area contributed by atoms with Gasteiger partial charge in [-0.15, -0.1) is 0 Å². The highest BCUT2D eigenvalue weighted by molar-refractivity contribution is 7.81. The van der Waals surface area contributed by atoms with Crippen LogP contribution in [0.15, 0.2) is 0 Å². The van der Waals surface area contributed by atoms with E-state index in [4.69, 9.17) is 0 Å². The fourth-order valence-electron chi connectivity index (χ4n) is 0.841. The highest BCUT2D eigenvalue weighted by atomic mass is 32.1. The van der Waals surface area contributed by atoms with Crippen molar-refractivity contribution in [1.82, 2.24) is 0 Å². The number of hydrogen-bond acceptors (Lipinski definition) is 2. The summed E-state index contributed by atoms with van der Waals surface area (Å²) in [6, 6.07) is 0. The van der Waals surface area contributed by atoms with Gasteiger partial charge in [0.2, 0.25) is 0 Å².